The van der Waals surface area contributed by atoms with Crippen LogP contribution in [0.1, 0.15) is 38.3 Å². The van der Waals surface area contributed by atoms with E-state index >= 15 is 0 Å². The number of carbonyl (C=O) groups excluding carboxylic acids is 1. The number of anilines is 1. The Kier molecular flexibility index (Phi) is 3.51. The molecule has 1 aromatic rings. The van der Waals surface area contributed by atoms with Crippen molar-refractivity contribution in [3.63, 3.8) is 0 Å². The second-order valence-electron chi connectivity index (χ2n) is 7.74. The van der Waals surface area contributed by atoms with Crippen LogP contribution in [0.4, 0.5) is 5.69 Å². The smallest absolute Gasteiger partial charge is 0.254 e. The predicted octanol–water partition coefficient (Wildman–Crippen LogP) is 1.37. The SMILES string of the molecule is CC1(C)CC(NC(=O)[C@]23CNC[C@H]2CCO3)c2cc(N)ccc2O1. The fourth-order valence-electron chi connectivity index (χ4n) is 4.24. The second-order valence-corrected chi connectivity index (χ2v) is 7.74. The van der Waals surface area contributed by atoms with E-state index < -0.39 is 5.60 Å². The molecule has 6 heteroatoms. The fraction of sp³-hybridized carbons (Fsp3) is 0.611. The first-order chi connectivity index (χ1) is 11.4. The summed E-state index contributed by atoms with van der Waals surface area (Å²) in [7, 11) is 0. The van der Waals surface area contributed by atoms with Gasteiger partial charge in [0.2, 0.25) is 0 Å². The average molecular weight is 331 g/mol. The highest BCUT2D eigenvalue weighted by Gasteiger charge is 2.54. The maximum absolute atomic E-state index is 13.1. The van der Waals surface area contributed by atoms with Crippen molar-refractivity contribution >= 4 is 11.6 Å². The number of ether oxygens (including phenoxy) is 2. The Morgan fingerprint density at radius 3 is 3.08 bits per heavy atom. The summed E-state index contributed by atoms with van der Waals surface area (Å²) in [5, 5.41) is 6.52. The zero-order chi connectivity index (χ0) is 16.9. The third kappa shape index (κ3) is 2.45. The molecule has 3 aliphatic rings. The molecule has 4 N–H and O–H groups in total. The van der Waals surface area contributed by atoms with Gasteiger partial charge in [0, 0.05) is 43.3 Å². The van der Waals surface area contributed by atoms with Crippen LogP contribution in [0.3, 0.4) is 0 Å². The standard InChI is InChI=1S/C18H25N3O3/c1-17(2)8-14(13-7-12(19)3-4-15(13)24-17)21-16(22)18-10-20-9-11(18)5-6-23-18/h3-4,7,11,14,20H,5-6,8-10,19H2,1-2H3,(H,21,22)/t11-,14?,18+/m1/s1. The minimum absolute atomic E-state index is 0.0222. The molecule has 3 heterocycles. The highest BCUT2D eigenvalue weighted by molar-refractivity contribution is 5.87. The van der Waals surface area contributed by atoms with Gasteiger partial charge < -0.3 is 25.8 Å². The van der Waals surface area contributed by atoms with Gasteiger partial charge in [-0.25, -0.2) is 0 Å². The number of amides is 1. The number of carbonyl (C=O) groups is 1. The van der Waals surface area contributed by atoms with Crippen molar-refractivity contribution in [1.29, 1.82) is 0 Å². The maximum Gasteiger partial charge on any atom is 0.254 e. The van der Waals surface area contributed by atoms with Gasteiger partial charge in [0.15, 0.2) is 5.60 Å². The molecule has 2 saturated heterocycles. The third-order valence-electron chi connectivity index (χ3n) is 5.44. The Morgan fingerprint density at radius 1 is 1.42 bits per heavy atom. The molecule has 130 valence electrons. The minimum Gasteiger partial charge on any atom is -0.487 e. The zero-order valence-electron chi connectivity index (χ0n) is 14.2. The molecule has 1 aromatic carbocycles. The molecule has 6 nitrogen and oxygen atoms in total. The van der Waals surface area contributed by atoms with Crippen LogP contribution in [-0.4, -0.2) is 36.8 Å². The van der Waals surface area contributed by atoms with Gasteiger partial charge in [-0.05, 0) is 38.5 Å². The lowest BCUT2D eigenvalue weighted by Crippen LogP contribution is -2.53. The summed E-state index contributed by atoms with van der Waals surface area (Å²) in [6.45, 7) is 6.16. The summed E-state index contributed by atoms with van der Waals surface area (Å²) >= 11 is 0. The predicted molar refractivity (Wildman–Crippen MR) is 90.7 cm³/mol. The fourth-order valence-corrected chi connectivity index (χ4v) is 4.24. The quantitative estimate of drug-likeness (QED) is 0.713. The van der Waals surface area contributed by atoms with Crippen molar-refractivity contribution in [1.82, 2.24) is 10.6 Å². The number of nitrogens with two attached hydrogens (primary N) is 1. The van der Waals surface area contributed by atoms with Gasteiger partial charge in [-0.2, -0.15) is 0 Å². The average Bonchev–Trinajstić information content (AvgIpc) is 3.07. The Balaban J connectivity index is 1.62. The zero-order valence-corrected chi connectivity index (χ0v) is 14.2. The van der Waals surface area contributed by atoms with Crippen molar-refractivity contribution in [3.8, 4) is 5.75 Å². The van der Waals surface area contributed by atoms with Crippen LogP contribution >= 0.6 is 0 Å². The first-order valence-corrected chi connectivity index (χ1v) is 8.64. The number of nitrogens with one attached hydrogen (secondary N) is 2. The van der Waals surface area contributed by atoms with Gasteiger partial charge in [0.05, 0.1) is 6.04 Å². The lowest BCUT2D eigenvalue weighted by Gasteiger charge is -2.39. The lowest BCUT2D eigenvalue weighted by molar-refractivity contribution is -0.143. The summed E-state index contributed by atoms with van der Waals surface area (Å²) in [6.07, 6.45) is 1.63. The van der Waals surface area contributed by atoms with Crippen molar-refractivity contribution in [2.24, 2.45) is 5.92 Å². The molecule has 0 spiro atoms. The van der Waals surface area contributed by atoms with Gasteiger partial charge in [-0.15, -0.1) is 0 Å². The summed E-state index contributed by atoms with van der Waals surface area (Å²) < 4.78 is 11.9. The van der Waals surface area contributed by atoms with E-state index in [2.05, 4.69) is 10.6 Å². The van der Waals surface area contributed by atoms with E-state index in [4.69, 9.17) is 15.2 Å². The number of hydrogen-bond donors (Lipinski definition) is 3. The van der Waals surface area contributed by atoms with Gasteiger partial charge in [0.25, 0.3) is 5.91 Å². The Labute approximate surface area is 142 Å². The Morgan fingerprint density at radius 2 is 2.25 bits per heavy atom. The molecule has 2 fully saturated rings. The molecule has 0 bridgehead atoms. The first kappa shape index (κ1) is 15.7. The molecular formula is C18H25N3O3. The van der Waals surface area contributed by atoms with E-state index in [1.54, 1.807) is 0 Å². The highest BCUT2D eigenvalue weighted by Crippen LogP contribution is 2.42. The molecule has 3 atom stereocenters. The summed E-state index contributed by atoms with van der Waals surface area (Å²) in [6, 6.07) is 5.48. The van der Waals surface area contributed by atoms with Crippen LogP contribution in [0.5, 0.6) is 5.75 Å². The molecule has 4 rings (SSSR count). The van der Waals surface area contributed by atoms with Crippen molar-refractivity contribution < 1.29 is 14.3 Å². The molecule has 1 amide bonds. The molecule has 3 aliphatic heterocycles. The Hall–Kier alpha value is -1.79. The maximum atomic E-state index is 13.1. The number of nitrogen functional groups attached to an aromatic ring is 1. The van der Waals surface area contributed by atoms with Gasteiger partial charge in [0.1, 0.15) is 11.4 Å². The molecule has 0 aromatic heterocycles. The van der Waals surface area contributed by atoms with E-state index in [1.165, 1.54) is 0 Å². The minimum atomic E-state index is -0.719. The van der Waals surface area contributed by atoms with Crippen molar-refractivity contribution in [2.45, 2.75) is 43.9 Å². The summed E-state index contributed by atoms with van der Waals surface area (Å²) in [5.41, 5.74) is 6.50. The lowest BCUT2D eigenvalue weighted by atomic mass is 9.86. The number of rotatable bonds is 2. The van der Waals surface area contributed by atoms with Gasteiger partial charge in [-0.3, -0.25) is 4.79 Å². The van der Waals surface area contributed by atoms with Gasteiger partial charge in [-0.1, -0.05) is 0 Å². The second kappa shape index (κ2) is 5.36. The van der Waals surface area contributed by atoms with E-state index in [0.717, 1.165) is 24.3 Å². The molecule has 0 aliphatic carbocycles. The van der Waals surface area contributed by atoms with E-state index in [0.29, 0.717) is 25.3 Å². The summed E-state index contributed by atoms with van der Waals surface area (Å²) in [5.74, 6) is 1.02. The van der Waals surface area contributed by atoms with Crippen LogP contribution in [0.25, 0.3) is 0 Å². The van der Waals surface area contributed by atoms with E-state index in [-0.39, 0.29) is 23.5 Å². The number of benzene rings is 1. The number of fused-ring (bicyclic) bond motifs is 2. The van der Waals surface area contributed by atoms with E-state index in [9.17, 15) is 4.79 Å². The monoisotopic (exact) mass is 331 g/mol. The van der Waals surface area contributed by atoms with Crippen LogP contribution in [0.2, 0.25) is 0 Å². The van der Waals surface area contributed by atoms with Crippen LogP contribution in [0.15, 0.2) is 18.2 Å². The van der Waals surface area contributed by atoms with E-state index in [1.807, 2.05) is 32.0 Å². The van der Waals surface area contributed by atoms with Crippen molar-refractivity contribution in [2.75, 3.05) is 25.4 Å². The molecule has 24 heavy (non-hydrogen) atoms. The van der Waals surface area contributed by atoms with Gasteiger partial charge >= 0.3 is 0 Å². The normalized spacial score (nSPS) is 33.4. The molecular weight excluding hydrogens is 306 g/mol. The largest absolute Gasteiger partial charge is 0.487 e. The molecule has 0 saturated carbocycles. The van der Waals surface area contributed by atoms with Crippen molar-refractivity contribution in [3.05, 3.63) is 23.8 Å². The Bertz CT molecular complexity index is 663. The molecule has 1 unspecified atom stereocenters. The van der Waals surface area contributed by atoms with Crippen LogP contribution in [0, 0.1) is 5.92 Å². The third-order valence-corrected chi connectivity index (χ3v) is 5.44. The summed E-state index contributed by atoms with van der Waals surface area (Å²) in [4.78, 5) is 13.1. The van der Waals surface area contributed by atoms with Crippen LogP contribution < -0.4 is 21.1 Å². The van der Waals surface area contributed by atoms with Crippen LogP contribution in [-0.2, 0) is 9.53 Å². The number of hydrogen-bond acceptors (Lipinski definition) is 5. The highest BCUT2D eigenvalue weighted by atomic mass is 16.5. The topological polar surface area (TPSA) is 85.6 Å². The first-order valence-electron chi connectivity index (χ1n) is 8.64. The molecule has 0 radical (unpaired) electrons.